The zero-order chi connectivity index (χ0) is 17.0. The molecular weight excluding hydrogens is 358 g/mol. The number of fused-ring (bicyclic) bond motifs is 2. The van der Waals surface area contributed by atoms with Crippen LogP contribution < -0.4 is 10.1 Å². The van der Waals surface area contributed by atoms with Crippen molar-refractivity contribution in [2.75, 3.05) is 12.4 Å². The van der Waals surface area contributed by atoms with E-state index in [4.69, 9.17) is 4.74 Å². The van der Waals surface area contributed by atoms with E-state index in [-0.39, 0.29) is 17.1 Å². The van der Waals surface area contributed by atoms with E-state index < -0.39 is 15.7 Å². The number of rotatable bonds is 3. The number of methoxy groups -OCH3 is 1. The molecule has 2 saturated carbocycles. The number of benzene rings is 1. The van der Waals surface area contributed by atoms with Gasteiger partial charge in [-0.25, -0.2) is 0 Å². The minimum Gasteiger partial charge on any atom is -0.497 e. The average Bonchev–Trinajstić information content (AvgIpc) is 2.80. The number of ether oxygens (including phenoxy) is 1. The summed E-state index contributed by atoms with van der Waals surface area (Å²) in [5.74, 6) is 0.812. The molecule has 3 rings (SSSR count). The van der Waals surface area contributed by atoms with Crippen LogP contribution >= 0.6 is 15.9 Å². The number of hydrogen-bond donors (Lipinski definition) is 1. The summed E-state index contributed by atoms with van der Waals surface area (Å²) in [5, 5.41) is 3.00. The van der Waals surface area contributed by atoms with Crippen molar-refractivity contribution < 1.29 is 14.3 Å². The minimum atomic E-state index is -0.710. The first-order valence-electron chi connectivity index (χ1n) is 7.84. The summed E-state index contributed by atoms with van der Waals surface area (Å²) in [5.41, 5.74) is -0.826. The standard InChI is InChI=1S/C18H22BrNO3/c1-16(2)17(3)9-10-18(16,13(19)14(17)21)15(22)20-11-5-7-12(23-4)8-6-11/h5-8,13H,9-10H2,1-4H3,(H,20,22)/t13-,17+,18+/m1/s1. The summed E-state index contributed by atoms with van der Waals surface area (Å²) in [4.78, 5) is 25.4. The van der Waals surface area contributed by atoms with Crippen LogP contribution in [-0.4, -0.2) is 23.6 Å². The molecule has 1 aromatic carbocycles. The Hall–Kier alpha value is -1.36. The van der Waals surface area contributed by atoms with Gasteiger partial charge in [-0.05, 0) is 42.5 Å². The third-order valence-electron chi connectivity index (χ3n) is 6.47. The fourth-order valence-electron chi connectivity index (χ4n) is 4.37. The Kier molecular flexibility index (Phi) is 3.63. The van der Waals surface area contributed by atoms with Crippen LogP contribution in [0.15, 0.2) is 24.3 Å². The van der Waals surface area contributed by atoms with E-state index in [9.17, 15) is 9.59 Å². The van der Waals surface area contributed by atoms with Crippen LogP contribution in [0, 0.1) is 16.2 Å². The second kappa shape index (κ2) is 5.07. The van der Waals surface area contributed by atoms with Crippen LogP contribution in [0.2, 0.25) is 0 Å². The lowest BCUT2D eigenvalue weighted by atomic mass is 9.64. The Morgan fingerprint density at radius 2 is 1.83 bits per heavy atom. The third-order valence-corrected chi connectivity index (χ3v) is 7.67. The smallest absolute Gasteiger partial charge is 0.232 e. The Bertz CT molecular complexity index is 669. The van der Waals surface area contributed by atoms with Crippen molar-refractivity contribution >= 4 is 33.3 Å². The van der Waals surface area contributed by atoms with Crippen molar-refractivity contribution in [2.45, 2.75) is 38.4 Å². The molecule has 0 aliphatic heterocycles. The van der Waals surface area contributed by atoms with Crippen molar-refractivity contribution in [3.8, 4) is 5.75 Å². The molecule has 0 radical (unpaired) electrons. The summed E-state index contributed by atoms with van der Waals surface area (Å²) < 4.78 is 5.13. The fraction of sp³-hybridized carbons (Fsp3) is 0.556. The Morgan fingerprint density at radius 1 is 1.22 bits per heavy atom. The first-order chi connectivity index (χ1) is 10.7. The van der Waals surface area contributed by atoms with Gasteiger partial charge in [-0.15, -0.1) is 0 Å². The number of carbonyl (C=O) groups excluding carboxylic acids is 2. The summed E-state index contributed by atoms with van der Waals surface area (Å²) >= 11 is 3.54. The zero-order valence-corrected chi connectivity index (χ0v) is 15.5. The highest BCUT2D eigenvalue weighted by Crippen LogP contribution is 2.72. The normalized spacial score (nSPS) is 34.5. The van der Waals surface area contributed by atoms with E-state index >= 15 is 0 Å². The van der Waals surface area contributed by atoms with E-state index in [1.807, 2.05) is 45.0 Å². The second-order valence-electron chi connectivity index (χ2n) is 7.34. The molecule has 2 bridgehead atoms. The minimum absolute atomic E-state index is 0.0795. The molecule has 0 saturated heterocycles. The zero-order valence-electron chi connectivity index (χ0n) is 13.9. The average molecular weight is 380 g/mol. The SMILES string of the molecule is COc1ccc(NC(=O)[C@]23CC[C@@](C)(C(=O)[C@H]2Br)C3(C)C)cc1. The number of carbonyl (C=O) groups is 2. The van der Waals surface area contributed by atoms with E-state index in [1.165, 1.54) is 0 Å². The Balaban J connectivity index is 1.93. The lowest BCUT2D eigenvalue weighted by molar-refractivity contribution is -0.130. The number of Topliss-reactive ketones (excluding diaryl/α,β-unsaturated/α-hetero) is 1. The predicted molar refractivity (Wildman–Crippen MR) is 92.9 cm³/mol. The molecule has 0 aromatic heterocycles. The molecular formula is C18H22BrNO3. The van der Waals surface area contributed by atoms with Gasteiger partial charge in [-0.1, -0.05) is 36.7 Å². The maximum atomic E-state index is 13.1. The Labute approximate surface area is 145 Å². The summed E-state index contributed by atoms with van der Waals surface area (Å²) in [6.07, 6.45) is 1.48. The topological polar surface area (TPSA) is 55.4 Å². The number of halogens is 1. The van der Waals surface area contributed by atoms with Crippen LogP contribution in [0.3, 0.4) is 0 Å². The monoisotopic (exact) mass is 379 g/mol. The van der Waals surface area contributed by atoms with Crippen LogP contribution in [0.5, 0.6) is 5.75 Å². The lowest BCUT2D eigenvalue weighted by Crippen LogP contribution is -2.47. The van der Waals surface area contributed by atoms with Gasteiger partial charge in [0, 0.05) is 11.1 Å². The molecule has 1 amide bonds. The quantitative estimate of drug-likeness (QED) is 0.812. The molecule has 23 heavy (non-hydrogen) atoms. The number of alkyl halides is 1. The van der Waals surface area contributed by atoms with Gasteiger partial charge < -0.3 is 10.1 Å². The molecule has 1 aromatic rings. The summed E-state index contributed by atoms with van der Waals surface area (Å²) in [7, 11) is 1.61. The molecule has 2 aliphatic carbocycles. The largest absolute Gasteiger partial charge is 0.497 e. The molecule has 0 spiro atoms. The van der Waals surface area contributed by atoms with E-state index in [0.717, 1.165) is 18.6 Å². The highest BCUT2D eigenvalue weighted by atomic mass is 79.9. The van der Waals surface area contributed by atoms with Gasteiger partial charge in [0.25, 0.3) is 0 Å². The van der Waals surface area contributed by atoms with Gasteiger partial charge in [-0.3, -0.25) is 9.59 Å². The first-order valence-corrected chi connectivity index (χ1v) is 8.76. The van der Waals surface area contributed by atoms with Gasteiger partial charge in [-0.2, -0.15) is 0 Å². The lowest BCUT2D eigenvalue weighted by Gasteiger charge is -2.39. The van der Waals surface area contributed by atoms with E-state index in [1.54, 1.807) is 7.11 Å². The van der Waals surface area contributed by atoms with Crippen molar-refractivity contribution in [1.82, 2.24) is 0 Å². The van der Waals surface area contributed by atoms with Crippen molar-refractivity contribution in [3.05, 3.63) is 24.3 Å². The second-order valence-corrected chi connectivity index (χ2v) is 8.25. The maximum absolute atomic E-state index is 13.1. The highest BCUT2D eigenvalue weighted by Gasteiger charge is 2.76. The molecule has 2 fully saturated rings. The van der Waals surface area contributed by atoms with Crippen molar-refractivity contribution in [1.29, 1.82) is 0 Å². The highest BCUT2D eigenvalue weighted by molar-refractivity contribution is 9.10. The fourth-order valence-corrected chi connectivity index (χ4v) is 5.89. The number of anilines is 1. The molecule has 1 N–H and O–H groups in total. The van der Waals surface area contributed by atoms with E-state index in [0.29, 0.717) is 5.69 Å². The van der Waals surface area contributed by atoms with Gasteiger partial charge in [0.2, 0.25) is 5.91 Å². The molecule has 2 aliphatic rings. The molecule has 5 heteroatoms. The number of hydrogen-bond acceptors (Lipinski definition) is 3. The van der Waals surface area contributed by atoms with Gasteiger partial charge in [0.1, 0.15) is 5.75 Å². The van der Waals surface area contributed by atoms with Crippen molar-refractivity contribution in [2.24, 2.45) is 16.2 Å². The van der Waals surface area contributed by atoms with Crippen LogP contribution in [-0.2, 0) is 9.59 Å². The van der Waals surface area contributed by atoms with E-state index in [2.05, 4.69) is 21.2 Å². The van der Waals surface area contributed by atoms with Crippen LogP contribution in [0.25, 0.3) is 0 Å². The number of ketones is 1. The summed E-state index contributed by atoms with van der Waals surface area (Å²) in [6, 6.07) is 7.24. The van der Waals surface area contributed by atoms with Crippen LogP contribution in [0.4, 0.5) is 5.69 Å². The van der Waals surface area contributed by atoms with Gasteiger partial charge in [0.15, 0.2) is 5.78 Å². The molecule has 0 heterocycles. The molecule has 0 unspecified atom stereocenters. The number of nitrogens with one attached hydrogen (secondary N) is 1. The molecule has 3 atom stereocenters. The number of amides is 1. The predicted octanol–water partition coefficient (Wildman–Crippen LogP) is 3.79. The van der Waals surface area contributed by atoms with Gasteiger partial charge in [0.05, 0.1) is 17.4 Å². The maximum Gasteiger partial charge on any atom is 0.232 e. The molecule has 124 valence electrons. The molecule has 4 nitrogen and oxygen atoms in total. The summed E-state index contributed by atoms with van der Waals surface area (Å²) in [6.45, 7) is 6.10. The first kappa shape index (κ1) is 16.5. The Morgan fingerprint density at radius 3 is 2.30 bits per heavy atom. The van der Waals surface area contributed by atoms with Crippen LogP contribution in [0.1, 0.15) is 33.6 Å². The third kappa shape index (κ3) is 1.89. The van der Waals surface area contributed by atoms with Gasteiger partial charge >= 0.3 is 0 Å². The van der Waals surface area contributed by atoms with Crippen molar-refractivity contribution in [3.63, 3.8) is 0 Å².